The van der Waals surface area contributed by atoms with Crippen molar-refractivity contribution < 1.29 is 17.9 Å². The lowest BCUT2D eigenvalue weighted by Crippen LogP contribution is -2.32. The second-order valence-electron chi connectivity index (χ2n) is 4.28. The molecule has 0 unspecified atom stereocenters. The van der Waals surface area contributed by atoms with Gasteiger partial charge in [-0.1, -0.05) is 18.5 Å². The van der Waals surface area contributed by atoms with Crippen LogP contribution in [0.4, 0.5) is 0 Å². The van der Waals surface area contributed by atoms with Crippen LogP contribution in [0.25, 0.3) is 0 Å². The molecule has 0 radical (unpaired) electrons. The number of methoxy groups -OCH3 is 1. The molecular weight excluding hydrogens is 316 g/mol. The first-order chi connectivity index (χ1) is 9.92. The number of ether oxygens (including phenoxy) is 1. The van der Waals surface area contributed by atoms with Crippen LogP contribution in [0.3, 0.4) is 0 Å². The average Bonchev–Trinajstić information content (AvgIpc) is 2.45. The van der Waals surface area contributed by atoms with Gasteiger partial charge in [0.05, 0.1) is 17.7 Å². The first-order valence-electron chi connectivity index (χ1n) is 6.50. The molecule has 2 N–H and O–H groups in total. The maximum Gasteiger partial charge on any atom is 0.337 e. The molecule has 1 aromatic rings. The lowest BCUT2D eigenvalue weighted by molar-refractivity contribution is 0.0600. The van der Waals surface area contributed by atoms with Crippen molar-refractivity contribution >= 4 is 27.6 Å². The molecule has 0 saturated heterocycles. The number of halogens is 1. The van der Waals surface area contributed by atoms with E-state index in [0.717, 1.165) is 13.0 Å². The van der Waals surface area contributed by atoms with Crippen molar-refractivity contribution in [3.05, 3.63) is 28.8 Å². The monoisotopic (exact) mass is 334 g/mol. The minimum Gasteiger partial charge on any atom is -0.465 e. The fourth-order valence-electron chi connectivity index (χ4n) is 1.62. The van der Waals surface area contributed by atoms with Crippen LogP contribution in [0.1, 0.15) is 23.7 Å². The van der Waals surface area contributed by atoms with Crippen molar-refractivity contribution in [2.75, 3.05) is 26.7 Å². The number of hydrogen-bond donors (Lipinski definition) is 2. The largest absolute Gasteiger partial charge is 0.465 e. The quantitative estimate of drug-likeness (QED) is 0.554. The van der Waals surface area contributed by atoms with Crippen LogP contribution in [-0.4, -0.2) is 41.1 Å². The van der Waals surface area contributed by atoms with Crippen molar-refractivity contribution in [1.82, 2.24) is 10.0 Å². The van der Waals surface area contributed by atoms with Gasteiger partial charge >= 0.3 is 5.97 Å². The van der Waals surface area contributed by atoms with Gasteiger partial charge in [0.1, 0.15) is 4.90 Å². The molecule has 0 atom stereocenters. The summed E-state index contributed by atoms with van der Waals surface area (Å²) in [5.74, 6) is -0.572. The van der Waals surface area contributed by atoms with E-state index in [2.05, 4.69) is 14.8 Å². The normalized spacial score (nSPS) is 11.4. The number of benzene rings is 1. The van der Waals surface area contributed by atoms with Crippen molar-refractivity contribution in [2.24, 2.45) is 0 Å². The summed E-state index contributed by atoms with van der Waals surface area (Å²) >= 11 is 5.93. The minimum absolute atomic E-state index is 0.0214. The zero-order valence-electron chi connectivity index (χ0n) is 12.0. The molecule has 21 heavy (non-hydrogen) atoms. The second kappa shape index (κ2) is 8.33. The highest BCUT2D eigenvalue weighted by atomic mass is 35.5. The predicted molar refractivity (Wildman–Crippen MR) is 81.1 cm³/mol. The number of nitrogens with one attached hydrogen (secondary N) is 2. The summed E-state index contributed by atoms with van der Waals surface area (Å²) in [6.45, 7) is 3.65. The molecule has 6 nitrogen and oxygen atoms in total. The summed E-state index contributed by atoms with van der Waals surface area (Å²) in [4.78, 5) is 11.3. The zero-order chi connectivity index (χ0) is 15.9. The van der Waals surface area contributed by atoms with E-state index in [0.29, 0.717) is 6.54 Å². The van der Waals surface area contributed by atoms with Gasteiger partial charge in [0.15, 0.2) is 0 Å². The molecule has 8 heteroatoms. The Morgan fingerprint density at radius 1 is 1.29 bits per heavy atom. The summed E-state index contributed by atoms with van der Waals surface area (Å²) in [6.07, 6.45) is 0.980. The van der Waals surface area contributed by atoms with Gasteiger partial charge in [-0.05, 0) is 31.2 Å². The van der Waals surface area contributed by atoms with E-state index >= 15 is 0 Å². The third-order valence-electron chi connectivity index (χ3n) is 2.66. The zero-order valence-corrected chi connectivity index (χ0v) is 13.6. The van der Waals surface area contributed by atoms with Gasteiger partial charge in [-0.3, -0.25) is 0 Å². The Morgan fingerprint density at radius 3 is 2.57 bits per heavy atom. The predicted octanol–water partition coefficient (Wildman–Crippen LogP) is 1.40. The molecule has 1 rings (SSSR count). The van der Waals surface area contributed by atoms with Gasteiger partial charge in [-0.15, -0.1) is 0 Å². The number of hydrogen-bond acceptors (Lipinski definition) is 5. The minimum atomic E-state index is -3.70. The maximum absolute atomic E-state index is 12.1. The lowest BCUT2D eigenvalue weighted by Gasteiger charge is -2.09. The van der Waals surface area contributed by atoms with E-state index in [4.69, 9.17) is 11.6 Å². The topological polar surface area (TPSA) is 84.5 Å². The van der Waals surface area contributed by atoms with Crippen LogP contribution >= 0.6 is 11.6 Å². The standard InChI is InChI=1S/C13H19ClN2O4S/c1-3-6-15-7-8-16-21(18,19)12-5-4-10(9-11(12)14)13(17)20-2/h4-5,9,15-16H,3,6-8H2,1-2H3. The van der Waals surface area contributed by atoms with Crippen molar-refractivity contribution in [2.45, 2.75) is 18.2 Å². The fraction of sp³-hybridized carbons (Fsp3) is 0.462. The number of sulfonamides is 1. The van der Waals surface area contributed by atoms with Gasteiger partial charge in [-0.25, -0.2) is 17.9 Å². The van der Waals surface area contributed by atoms with E-state index in [1.165, 1.54) is 25.3 Å². The molecule has 0 amide bonds. The maximum atomic E-state index is 12.1. The Kier molecular flexibility index (Phi) is 7.10. The molecule has 0 saturated carbocycles. The van der Waals surface area contributed by atoms with E-state index < -0.39 is 16.0 Å². The number of esters is 1. The van der Waals surface area contributed by atoms with Crippen molar-refractivity contribution in [3.63, 3.8) is 0 Å². The Hall–Kier alpha value is -1.15. The Morgan fingerprint density at radius 2 is 2.00 bits per heavy atom. The van der Waals surface area contributed by atoms with Crippen LogP contribution in [0.2, 0.25) is 5.02 Å². The van der Waals surface area contributed by atoms with E-state index in [9.17, 15) is 13.2 Å². The third-order valence-corrected chi connectivity index (χ3v) is 4.61. The van der Waals surface area contributed by atoms with Gasteiger partial charge < -0.3 is 10.1 Å². The lowest BCUT2D eigenvalue weighted by atomic mass is 10.2. The highest BCUT2D eigenvalue weighted by Gasteiger charge is 2.19. The molecule has 0 aliphatic rings. The molecule has 0 spiro atoms. The molecule has 0 aromatic heterocycles. The second-order valence-corrected chi connectivity index (χ2v) is 6.43. The van der Waals surface area contributed by atoms with Crippen molar-refractivity contribution in [3.8, 4) is 0 Å². The molecule has 0 heterocycles. The summed E-state index contributed by atoms with van der Waals surface area (Å²) in [5, 5.41) is 3.06. The smallest absolute Gasteiger partial charge is 0.337 e. The summed E-state index contributed by atoms with van der Waals surface area (Å²) < 4.78 is 31.2. The molecule has 0 aliphatic carbocycles. The summed E-state index contributed by atoms with van der Waals surface area (Å²) in [6, 6.07) is 3.93. The summed E-state index contributed by atoms with van der Waals surface area (Å²) in [7, 11) is -2.46. The number of carbonyl (C=O) groups is 1. The highest BCUT2D eigenvalue weighted by molar-refractivity contribution is 7.89. The SMILES string of the molecule is CCCNCCNS(=O)(=O)c1ccc(C(=O)OC)cc1Cl. The van der Waals surface area contributed by atoms with Crippen LogP contribution in [-0.2, 0) is 14.8 Å². The average molecular weight is 335 g/mol. The van der Waals surface area contributed by atoms with E-state index in [-0.39, 0.29) is 22.0 Å². The van der Waals surface area contributed by atoms with Crippen molar-refractivity contribution in [1.29, 1.82) is 0 Å². The molecule has 0 fully saturated rings. The Bertz CT molecular complexity index is 590. The number of carbonyl (C=O) groups excluding carboxylic acids is 1. The van der Waals surface area contributed by atoms with E-state index in [1.807, 2.05) is 6.92 Å². The summed E-state index contributed by atoms with van der Waals surface area (Å²) in [5.41, 5.74) is 0.200. The Balaban J connectivity index is 2.77. The molecule has 118 valence electrons. The molecule has 1 aromatic carbocycles. The van der Waals surface area contributed by atoms with Crippen LogP contribution < -0.4 is 10.0 Å². The molecular formula is C13H19ClN2O4S. The first kappa shape index (κ1) is 17.9. The van der Waals surface area contributed by atoms with E-state index in [1.54, 1.807) is 0 Å². The van der Waals surface area contributed by atoms with Gasteiger partial charge in [0, 0.05) is 13.1 Å². The third kappa shape index (κ3) is 5.28. The molecule has 0 aliphatic heterocycles. The fourth-order valence-corrected chi connectivity index (χ4v) is 3.19. The first-order valence-corrected chi connectivity index (χ1v) is 8.36. The number of rotatable bonds is 8. The molecule has 0 bridgehead atoms. The van der Waals surface area contributed by atoms with Gasteiger partial charge in [0.25, 0.3) is 0 Å². The van der Waals surface area contributed by atoms with Crippen LogP contribution in [0.15, 0.2) is 23.1 Å². The highest BCUT2D eigenvalue weighted by Crippen LogP contribution is 2.22. The van der Waals surface area contributed by atoms with Gasteiger partial charge in [0.2, 0.25) is 10.0 Å². The van der Waals surface area contributed by atoms with Gasteiger partial charge in [-0.2, -0.15) is 0 Å². The Labute approximate surface area is 129 Å². The van der Waals surface area contributed by atoms with Crippen LogP contribution in [0, 0.1) is 0 Å². The van der Waals surface area contributed by atoms with Crippen LogP contribution in [0.5, 0.6) is 0 Å².